The molecule has 1 aliphatic rings. The molecule has 1 heterocycles. The Hall–Kier alpha value is -0.970. The Morgan fingerprint density at radius 1 is 1.33 bits per heavy atom. The van der Waals surface area contributed by atoms with E-state index in [0.29, 0.717) is 18.7 Å². The average Bonchev–Trinajstić information content (AvgIpc) is 2.37. The SMILES string of the molecule is O=C(Nc1cc(Cl)c(O)c(Cl)c1)C1CCCCO1. The molecule has 1 unspecified atom stereocenters. The third-order valence-electron chi connectivity index (χ3n) is 2.76. The normalized spacial score (nSPS) is 19.6. The topological polar surface area (TPSA) is 58.6 Å². The van der Waals surface area contributed by atoms with Gasteiger partial charge in [0.25, 0.3) is 5.91 Å². The summed E-state index contributed by atoms with van der Waals surface area (Å²) >= 11 is 11.5. The Bertz CT molecular complexity index is 436. The maximum atomic E-state index is 11.9. The van der Waals surface area contributed by atoms with E-state index < -0.39 is 6.10 Å². The van der Waals surface area contributed by atoms with E-state index in [1.165, 1.54) is 12.1 Å². The second-order valence-electron chi connectivity index (χ2n) is 4.13. The standard InChI is InChI=1S/C12H13Cl2NO3/c13-8-5-7(6-9(14)11(8)16)15-12(17)10-3-1-2-4-18-10/h5-6,10,16H,1-4H2,(H,15,17). The van der Waals surface area contributed by atoms with Gasteiger partial charge in [-0.1, -0.05) is 23.2 Å². The highest BCUT2D eigenvalue weighted by Gasteiger charge is 2.22. The zero-order valence-corrected chi connectivity index (χ0v) is 11.1. The molecule has 98 valence electrons. The van der Waals surface area contributed by atoms with Gasteiger partial charge >= 0.3 is 0 Å². The number of hydrogen-bond donors (Lipinski definition) is 2. The molecule has 1 fully saturated rings. The van der Waals surface area contributed by atoms with E-state index in [0.717, 1.165) is 12.8 Å². The minimum absolute atomic E-state index is 0.0994. The molecular formula is C12H13Cl2NO3. The lowest BCUT2D eigenvalue weighted by atomic mass is 10.1. The second-order valence-corrected chi connectivity index (χ2v) is 4.95. The smallest absolute Gasteiger partial charge is 0.253 e. The fourth-order valence-corrected chi connectivity index (χ4v) is 2.30. The number of hydrogen-bond acceptors (Lipinski definition) is 3. The Balaban J connectivity index is 2.06. The number of phenols is 1. The highest BCUT2D eigenvalue weighted by Crippen LogP contribution is 2.34. The van der Waals surface area contributed by atoms with Crippen molar-refractivity contribution in [1.29, 1.82) is 0 Å². The molecule has 1 saturated heterocycles. The first-order chi connectivity index (χ1) is 8.58. The van der Waals surface area contributed by atoms with Crippen LogP contribution in [-0.4, -0.2) is 23.7 Å². The van der Waals surface area contributed by atoms with Gasteiger partial charge in [-0.3, -0.25) is 4.79 Å². The number of amides is 1. The lowest BCUT2D eigenvalue weighted by molar-refractivity contribution is -0.129. The van der Waals surface area contributed by atoms with Crippen molar-refractivity contribution in [2.45, 2.75) is 25.4 Å². The molecule has 18 heavy (non-hydrogen) atoms. The van der Waals surface area contributed by atoms with Crippen molar-refractivity contribution in [3.8, 4) is 5.75 Å². The van der Waals surface area contributed by atoms with E-state index in [2.05, 4.69) is 5.32 Å². The van der Waals surface area contributed by atoms with Crippen LogP contribution in [0.5, 0.6) is 5.75 Å². The molecule has 1 aliphatic heterocycles. The van der Waals surface area contributed by atoms with Gasteiger partial charge in [-0.25, -0.2) is 0 Å². The predicted octanol–water partition coefficient (Wildman–Crippen LogP) is 3.21. The van der Waals surface area contributed by atoms with E-state index in [1.54, 1.807) is 0 Å². The summed E-state index contributed by atoms with van der Waals surface area (Å²) in [6, 6.07) is 2.90. The number of ether oxygens (including phenoxy) is 1. The molecule has 0 saturated carbocycles. The van der Waals surface area contributed by atoms with E-state index in [1.807, 2.05) is 0 Å². The molecule has 0 spiro atoms. The first-order valence-corrected chi connectivity index (χ1v) is 6.44. The number of halogens is 2. The first-order valence-electron chi connectivity index (χ1n) is 5.68. The first kappa shape index (κ1) is 13.5. The van der Waals surface area contributed by atoms with E-state index in [-0.39, 0.29) is 21.7 Å². The maximum absolute atomic E-state index is 11.9. The van der Waals surface area contributed by atoms with Gasteiger partial charge in [0.15, 0.2) is 5.75 Å². The van der Waals surface area contributed by atoms with Crippen molar-refractivity contribution in [1.82, 2.24) is 0 Å². The van der Waals surface area contributed by atoms with Gasteiger partial charge in [0.1, 0.15) is 6.10 Å². The third kappa shape index (κ3) is 3.07. The van der Waals surface area contributed by atoms with Gasteiger partial charge in [0.2, 0.25) is 0 Å². The van der Waals surface area contributed by atoms with Crippen molar-refractivity contribution < 1.29 is 14.6 Å². The Kier molecular flexibility index (Phi) is 4.32. The summed E-state index contributed by atoms with van der Waals surface area (Å²) in [6.07, 6.45) is 2.26. The lowest BCUT2D eigenvalue weighted by Crippen LogP contribution is -2.33. The van der Waals surface area contributed by atoms with E-state index in [9.17, 15) is 9.90 Å². The maximum Gasteiger partial charge on any atom is 0.253 e. The Morgan fingerprint density at radius 2 is 2.00 bits per heavy atom. The molecule has 0 aromatic heterocycles. The molecule has 1 atom stereocenters. The number of carbonyl (C=O) groups is 1. The molecule has 2 N–H and O–H groups in total. The Morgan fingerprint density at radius 3 is 2.56 bits per heavy atom. The largest absolute Gasteiger partial charge is 0.505 e. The minimum Gasteiger partial charge on any atom is -0.505 e. The number of phenolic OH excluding ortho intramolecular Hbond substituents is 1. The average molecular weight is 290 g/mol. The van der Waals surface area contributed by atoms with Crippen molar-refractivity contribution in [2.75, 3.05) is 11.9 Å². The number of aromatic hydroxyl groups is 1. The van der Waals surface area contributed by atoms with E-state index in [4.69, 9.17) is 27.9 Å². The fourth-order valence-electron chi connectivity index (χ4n) is 1.81. The van der Waals surface area contributed by atoms with Gasteiger partial charge in [-0.05, 0) is 31.4 Å². The lowest BCUT2D eigenvalue weighted by Gasteiger charge is -2.21. The highest BCUT2D eigenvalue weighted by atomic mass is 35.5. The fraction of sp³-hybridized carbons (Fsp3) is 0.417. The summed E-state index contributed by atoms with van der Waals surface area (Å²) in [5, 5.41) is 12.3. The molecule has 0 aliphatic carbocycles. The van der Waals surface area contributed by atoms with Gasteiger partial charge in [-0.15, -0.1) is 0 Å². The monoisotopic (exact) mass is 289 g/mol. The summed E-state index contributed by atoms with van der Waals surface area (Å²) in [5.41, 5.74) is 0.446. The third-order valence-corrected chi connectivity index (χ3v) is 3.33. The molecule has 2 rings (SSSR count). The van der Waals surface area contributed by atoms with Crippen molar-refractivity contribution in [3.63, 3.8) is 0 Å². The minimum atomic E-state index is -0.426. The number of benzene rings is 1. The summed E-state index contributed by atoms with van der Waals surface area (Å²) in [7, 11) is 0. The van der Waals surface area contributed by atoms with E-state index >= 15 is 0 Å². The predicted molar refractivity (Wildman–Crippen MR) is 70.3 cm³/mol. The zero-order chi connectivity index (χ0) is 13.1. The van der Waals surface area contributed by atoms with Crippen LogP contribution in [-0.2, 0) is 9.53 Å². The van der Waals surface area contributed by atoms with Gasteiger partial charge in [0, 0.05) is 12.3 Å². The molecular weight excluding hydrogens is 277 g/mol. The molecule has 1 amide bonds. The highest BCUT2D eigenvalue weighted by molar-refractivity contribution is 6.37. The molecule has 4 nitrogen and oxygen atoms in total. The van der Waals surface area contributed by atoms with Crippen LogP contribution in [0.3, 0.4) is 0 Å². The van der Waals surface area contributed by atoms with Crippen LogP contribution < -0.4 is 5.32 Å². The number of anilines is 1. The van der Waals surface area contributed by atoms with Crippen LogP contribution in [0.2, 0.25) is 10.0 Å². The van der Waals surface area contributed by atoms with Crippen LogP contribution in [0, 0.1) is 0 Å². The summed E-state index contributed by atoms with van der Waals surface area (Å²) in [6.45, 7) is 0.606. The molecule has 1 aromatic carbocycles. The second kappa shape index (κ2) is 5.78. The van der Waals surface area contributed by atoms with Gasteiger partial charge in [0.05, 0.1) is 10.0 Å². The van der Waals surface area contributed by atoms with Crippen LogP contribution in [0.1, 0.15) is 19.3 Å². The van der Waals surface area contributed by atoms with Crippen LogP contribution in [0.25, 0.3) is 0 Å². The van der Waals surface area contributed by atoms with Crippen LogP contribution in [0.4, 0.5) is 5.69 Å². The Labute approximate surface area is 115 Å². The number of rotatable bonds is 2. The number of nitrogens with one attached hydrogen (secondary N) is 1. The van der Waals surface area contributed by atoms with Crippen molar-refractivity contribution in [3.05, 3.63) is 22.2 Å². The summed E-state index contributed by atoms with van der Waals surface area (Å²) < 4.78 is 5.37. The summed E-state index contributed by atoms with van der Waals surface area (Å²) in [5.74, 6) is -0.405. The molecule has 0 radical (unpaired) electrons. The number of carbonyl (C=O) groups excluding carboxylic acids is 1. The molecule has 6 heteroatoms. The molecule has 0 bridgehead atoms. The van der Waals surface area contributed by atoms with Crippen molar-refractivity contribution >= 4 is 34.8 Å². The van der Waals surface area contributed by atoms with Crippen LogP contribution >= 0.6 is 23.2 Å². The zero-order valence-electron chi connectivity index (χ0n) is 9.58. The quantitative estimate of drug-likeness (QED) is 0.822. The van der Waals surface area contributed by atoms with Gasteiger partial charge < -0.3 is 15.2 Å². The summed E-state index contributed by atoms with van der Waals surface area (Å²) in [4.78, 5) is 11.9. The molecule has 1 aromatic rings. The van der Waals surface area contributed by atoms with Crippen LogP contribution in [0.15, 0.2) is 12.1 Å². The van der Waals surface area contributed by atoms with Gasteiger partial charge in [-0.2, -0.15) is 0 Å². The van der Waals surface area contributed by atoms with Crippen molar-refractivity contribution in [2.24, 2.45) is 0 Å².